The fraction of sp³-hybridized carbons (Fsp3) is 0.348. The maximum atomic E-state index is 13.6. The number of hydrogen-bond acceptors (Lipinski definition) is 7. The second-order valence-corrected chi connectivity index (χ2v) is 8.05. The zero-order valence-electron chi connectivity index (χ0n) is 19.1. The molecule has 9 nitrogen and oxygen atoms in total. The van der Waals surface area contributed by atoms with Crippen molar-refractivity contribution in [2.45, 2.75) is 46.8 Å². The molecule has 1 heterocycles. The van der Waals surface area contributed by atoms with Crippen LogP contribution in [0.1, 0.15) is 44.4 Å². The molecule has 0 saturated carbocycles. The van der Waals surface area contributed by atoms with Crippen LogP contribution in [0.15, 0.2) is 36.5 Å². The molecule has 0 aliphatic heterocycles. The molecule has 2 aromatic rings. The van der Waals surface area contributed by atoms with Gasteiger partial charge in [0.05, 0.1) is 23.6 Å². The van der Waals surface area contributed by atoms with Gasteiger partial charge in [0, 0.05) is 12.3 Å². The average molecular weight is 459 g/mol. The van der Waals surface area contributed by atoms with Gasteiger partial charge in [-0.3, -0.25) is 15.0 Å². The van der Waals surface area contributed by atoms with Crippen molar-refractivity contribution in [3.63, 3.8) is 0 Å². The molecule has 0 radical (unpaired) electrons. The van der Waals surface area contributed by atoms with Gasteiger partial charge in [-0.2, -0.15) is 0 Å². The molecule has 0 atom stereocenters. The lowest BCUT2D eigenvalue weighted by molar-refractivity contribution is -0.384. The summed E-state index contributed by atoms with van der Waals surface area (Å²) in [5.41, 5.74) is -0.245. The molecular formula is C23H26FN3O6. The van der Waals surface area contributed by atoms with Crippen LogP contribution >= 0.6 is 0 Å². The molecule has 0 fully saturated rings. The van der Waals surface area contributed by atoms with E-state index in [0.717, 1.165) is 11.0 Å². The third-order valence-corrected chi connectivity index (χ3v) is 4.31. The van der Waals surface area contributed by atoms with Gasteiger partial charge in [0.15, 0.2) is 0 Å². The molecule has 0 bridgehead atoms. The summed E-state index contributed by atoms with van der Waals surface area (Å²) in [5.74, 6) is -1.39. The SMILES string of the molecule is CCOC(=O)C=Cc1ccnc(N(Cc2ccc(F)cc2C)C(=O)OC(C)(C)C)c1[N+](=O)[O-]. The van der Waals surface area contributed by atoms with Crippen LogP contribution in [0.5, 0.6) is 0 Å². The first kappa shape index (κ1) is 25.4. The van der Waals surface area contributed by atoms with Crippen LogP contribution < -0.4 is 4.90 Å². The predicted molar refractivity (Wildman–Crippen MR) is 120 cm³/mol. The number of ether oxygens (including phenoxy) is 2. The molecule has 0 N–H and O–H groups in total. The number of halogens is 1. The van der Waals surface area contributed by atoms with E-state index in [4.69, 9.17) is 9.47 Å². The third kappa shape index (κ3) is 7.09. The molecule has 0 saturated heterocycles. The summed E-state index contributed by atoms with van der Waals surface area (Å²) >= 11 is 0. The molecule has 1 amide bonds. The minimum atomic E-state index is -0.886. The van der Waals surface area contributed by atoms with Crippen molar-refractivity contribution < 1.29 is 28.4 Å². The van der Waals surface area contributed by atoms with E-state index in [0.29, 0.717) is 11.1 Å². The topological polar surface area (TPSA) is 112 Å². The van der Waals surface area contributed by atoms with Gasteiger partial charge < -0.3 is 9.47 Å². The summed E-state index contributed by atoms with van der Waals surface area (Å²) in [4.78, 5) is 41.1. The molecule has 1 aromatic carbocycles. The van der Waals surface area contributed by atoms with Gasteiger partial charge in [-0.15, -0.1) is 0 Å². The largest absolute Gasteiger partial charge is 0.463 e. The lowest BCUT2D eigenvalue weighted by atomic mass is 10.1. The van der Waals surface area contributed by atoms with Gasteiger partial charge in [0.1, 0.15) is 11.4 Å². The van der Waals surface area contributed by atoms with E-state index in [1.54, 1.807) is 34.6 Å². The number of hydrogen-bond donors (Lipinski definition) is 0. The van der Waals surface area contributed by atoms with E-state index in [1.807, 2.05) is 0 Å². The van der Waals surface area contributed by atoms with E-state index in [-0.39, 0.29) is 24.5 Å². The van der Waals surface area contributed by atoms with E-state index in [1.165, 1.54) is 36.5 Å². The Morgan fingerprint density at radius 1 is 1.27 bits per heavy atom. The van der Waals surface area contributed by atoms with Crippen LogP contribution in [0.4, 0.5) is 20.7 Å². The molecule has 1 aromatic heterocycles. The number of nitro groups is 1. The minimum Gasteiger partial charge on any atom is -0.463 e. The maximum absolute atomic E-state index is 13.6. The fourth-order valence-electron chi connectivity index (χ4n) is 2.87. The van der Waals surface area contributed by atoms with Crippen LogP contribution in [-0.2, 0) is 20.8 Å². The lowest BCUT2D eigenvalue weighted by Crippen LogP contribution is -2.37. The Balaban J connectivity index is 2.61. The Bertz CT molecular complexity index is 1080. The van der Waals surface area contributed by atoms with E-state index >= 15 is 0 Å². The van der Waals surface area contributed by atoms with Crippen LogP contribution in [-0.4, -0.2) is 34.2 Å². The summed E-state index contributed by atoms with van der Waals surface area (Å²) < 4.78 is 23.8. The molecule has 0 aliphatic carbocycles. The standard InChI is InChI=1S/C23H26FN3O6/c1-6-32-19(28)10-8-16-11-12-25-21(20(16)27(30)31)26(22(29)33-23(3,4)5)14-17-7-9-18(24)13-15(17)2/h7-13H,6,14H2,1-5H3. The number of aromatic nitrogens is 1. The summed E-state index contributed by atoms with van der Waals surface area (Å²) in [6.45, 7) is 8.27. The van der Waals surface area contributed by atoms with Gasteiger partial charge in [-0.25, -0.2) is 19.0 Å². The van der Waals surface area contributed by atoms with Crippen LogP contribution in [0.25, 0.3) is 6.08 Å². The first-order valence-electron chi connectivity index (χ1n) is 10.2. The van der Waals surface area contributed by atoms with Gasteiger partial charge >= 0.3 is 17.7 Å². The number of anilines is 1. The van der Waals surface area contributed by atoms with E-state index in [2.05, 4.69) is 4.98 Å². The van der Waals surface area contributed by atoms with Crippen LogP contribution in [0.2, 0.25) is 0 Å². The minimum absolute atomic E-state index is 0.0439. The maximum Gasteiger partial charge on any atom is 0.416 e. The molecule has 0 aliphatic rings. The third-order valence-electron chi connectivity index (χ3n) is 4.31. The molecule has 33 heavy (non-hydrogen) atoms. The van der Waals surface area contributed by atoms with Crippen molar-refractivity contribution in [1.82, 2.24) is 4.98 Å². The van der Waals surface area contributed by atoms with Crippen molar-refractivity contribution in [2.24, 2.45) is 0 Å². The highest BCUT2D eigenvalue weighted by Gasteiger charge is 2.32. The number of pyridine rings is 1. The fourth-order valence-corrected chi connectivity index (χ4v) is 2.87. The van der Waals surface area contributed by atoms with E-state index in [9.17, 15) is 24.1 Å². The van der Waals surface area contributed by atoms with Crippen LogP contribution in [0, 0.1) is 22.9 Å². The van der Waals surface area contributed by atoms with Gasteiger partial charge in [-0.05, 0) is 70.0 Å². The summed E-state index contributed by atoms with van der Waals surface area (Å²) in [6, 6.07) is 5.35. The highest BCUT2D eigenvalue weighted by Crippen LogP contribution is 2.33. The number of nitrogens with zero attached hydrogens (tertiary/aromatic N) is 3. The average Bonchev–Trinajstić information content (AvgIpc) is 2.70. The van der Waals surface area contributed by atoms with Crippen molar-refractivity contribution in [2.75, 3.05) is 11.5 Å². The van der Waals surface area contributed by atoms with Crippen molar-refractivity contribution in [3.05, 3.63) is 69.2 Å². The number of esters is 1. The molecule has 0 spiro atoms. The molecule has 2 rings (SSSR count). The van der Waals surface area contributed by atoms with Crippen molar-refractivity contribution in [1.29, 1.82) is 0 Å². The number of carbonyl (C=O) groups is 2. The second kappa shape index (κ2) is 10.7. The Kier molecular flexibility index (Phi) is 8.22. The number of aryl methyl sites for hydroxylation is 1. The monoisotopic (exact) mass is 459 g/mol. The molecule has 0 unspecified atom stereocenters. The highest BCUT2D eigenvalue weighted by atomic mass is 19.1. The van der Waals surface area contributed by atoms with Gasteiger partial charge in [-0.1, -0.05) is 6.07 Å². The summed E-state index contributed by atoms with van der Waals surface area (Å²) in [6.07, 6.45) is 2.69. The Hall–Kier alpha value is -3.82. The van der Waals surface area contributed by atoms with Gasteiger partial charge in [0.2, 0.25) is 5.82 Å². The van der Waals surface area contributed by atoms with Crippen molar-refractivity contribution >= 4 is 29.6 Å². The van der Waals surface area contributed by atoms with Crippen molar-refractivity contribution in [3.8, 4) is 0 Å². The summed E-state index contributed by atoms with van der Waals surface area (Å²) in [7, 11) is 0. The molecular weight excluding hydrogens is 433 g/mol. The second-order valence-electron chi connectivity index (χ2n) is 8.05. The quantitative estimate of drug-likeness (QED) is 0.249. The zero-order valence-corrected chi connectivity index (χ0v) is 19.1. The molecule has 10 heteroatoms. The first-order chi connectivity index (χ1) is 15.4. The Morgan fingerprint density at radius 3 is 2.55 bits per heavy atom. The number of rotatable bonds is 7. The smallest absolute Gasteiger partial charge is 0.416 e. The Morgan fingerprint density at radius 2 is 1.97 bits per heavy atom. The summed E-state index contributed by atoms with van der Waals surface area (Å²) in [5, 5.41) is 12.0. The molecule has 176 valence electrons. The van der Waals surface area contributed by atoms with Crippen LogP contribution in [0.3, 0.4) is 0 Å². The van der Waals surface area contributed by atoms with Gasteiger partial charge in [0.25, 0.3) is 0 Å². The number of amides is 1. The normalized spacial score (nSPS) is 11.3. The highest BCUT2D eigenvalue weighted by molar-refractivity contribution is 5.92. The lowest BCUT2D eigenvalue weighted by Gasteiger charge is -2.27. The zero-order chi connectivity index (χ0) is 24.8. The number of carbonyl (C=O) groups excluding carboxylic acids is 2. The van der Waals surface area contributed by atoms with E-state index < -0.39 is 34.1 Å². The first-order valence-corrected chi connectivity index (χ1v) is 10.2. The Labute approximate surface area is 191 Å². The predicted octanol–water partition coefficient (Wildman–Crippen LogP) is 4.96. The number of benzene rings is 1.